The van der Waals surface area contributed by atoms with Gasteiger partial charge in [0.1, 0.15) is 11.1 Å². The number of carbonyl (C=O) groups is 2. The van der Waals surface area contributed by atoms with Gasteiger partial charge in [-0.15, -0.1) is 0 Å². The molecule has 1 aromatic rings. The normalized spacial score (nSPS) is 29.7. The third kappa shape index (κ3) is 1.89. The van der Waals surface area contributed by atoms with Gasteiger partial charge in [0.25, 0.3) is 11.6 Å². The van der Waals surface area contributed by atoms with Crippen molar-refractivity contribution in [2.45, 2.75) is 31.1 Å². The van der Waals surface area contributed by atoms with Crippen molar-refractivity contribution in [1.82, 2.24) is 4.90 Å². The highest BCUT2D eigenvalue weighted by Gasteiger charge is 2.65. The van der Waals surface area contributed by atoms with E-state index in [0.29, 0.717) is 23.5 Å². The second kappa shape index (κ2) is 4.83. The first-order chi connectivity index (χ1) is 12.1. The number of alkyl halides is 3. The van der Waals surface area contributed by atoms with E-state index in [0.717, 1.165) is 6.07 Å². The van der Waals surface area contributed by atoms with Gasteiger partial charge in [0, 0.05) is 12.0 Å². The Balaban J connectivity index is 1.81. The second-order valence-electron chi connectivity index (χ2n) is 6.69. The molecule has 0 N–H and O–H groups in total. The van der Waals surface area contributed by atoms with Crippen LogP contribution in [0.3, 0.4) is 0 Å². The highest BCUT2D eigenvalue weighted by atomic mass is 19.4. The average Bonchev–Trinajstić information content (AvgIpc) is 3.18. The van der Waals surface area contributed by atoms with Gasteiger partial charge >= 0.3 is 12.2 Å². The first-order valence-electron chi connectivity index (χ1n) is 7.78. The Hall–Kier alpha value is -2.91. The highest BCUT2D eigenvalue weighted by Crippen LogP contribution is 2.51. The van der Waals surface area contributed by atoms with E-state index in [1.165, 1.54) is 4.90 Å². The van der Waals surface area contributed by atoms with E-state index in [-0.39, 0.29) is 17.6 Å². The number of halogens is 3. The lowest BCUT2D eigenvalue weighted by Gasteiger charge is -2.32. The number of urea groups is 1. The summed E-state index contributed by atoms with van der Waals surface area (Å²) in [6, 6.07) is 1.15. The van der Waals surface area contributed by atoms with E-state index >= 15 is 0 Å². The number of rotatable bonds is 2. The quantitative estimate of drug-likeness (QED) is 0.348. The summed E-state index contributed by atoms with van der Waals surface area (Å²) < 4.78 is 39.6. The first-order valence-corrected chi connectivity index (χ1v) is 7.78. The van der Waals surface area contributed by atoms with Crippen LogP contribution in [0.25, 0.3) is 0 Å². The van der Waals surface area contributed by atoms with Crippen molar-refractivity contribution in [1.29, 1.82) is 0 Å². The van der Waals surface area contributed by atoms with Gasteiger partial charge in [-0.25, -0.2) is 9.69 Å². The molecule has 3 amide bonds. The topological polar surface area (TPSA) is 83.8 Å². The van der Waals surface area contributed by atoms with Crippen LogP contribution in [0.5, 0.6) is 0 Å². The summed E-state index contributed by atoms with van der Waals surface area (Å²) in [4.78, 5) is 37.5. The average molecular weight is 367 g/mol. The number of nitro groups is 1. The third-order valence-corrected chi connectivity index (χ3v) is 5.39. The molecule has 0 saturated carbocycles. The maximum Gasteiger partial charge on any atom is 0.423 e. The maximum absolute atomic E-state index is 13.2. The van der Waals surface area contributed by atoms with Crippen molar-refractivity contribution in [3.05, 3.63) is 46.0 Å². The number of carbonyl (C=O) groups excluding carboxylic acids is 2. The number of hydrogen-bond acceptors (Lipinski definition) is 4. The number of imide groups is 1. The van der Waals surface area contributed by atoms with Crippen molar-refractivity contribution in [3.63, 3.8) is 0 Å². The van der Waals surface area contributed by atoms with Crippen LogP contribution in [-0.4, -0.2) is 33.3 Å². The molecule has 2 bridgehead atoms. The fraction of sp³-hybridized carbons (Fsp3) is 0.375. The van der Waals surface area contributed by atoms with Crippen LogP contribution in [0.15, 0.2) is 30.4 Å². The Morgan fingerprint density at radius 2 is 1.96 bits per heavy atom. The lowest BCUT2D eigenvalue weighted by atomic mass is 9.87. The minimum absolute atomic E-state index is 0.200. The first kappa shape index (κ1) is 16.6. The summed E-state index contributed by atoms with van der Waals surface area (Å²) in [6.07, 6.45) is -0.744. The zero-order valence-electron chi connectivity index (χ0n) is 13.4. The fourth-order valence-electron chi connectivity index (χ4n) is 4.11. The molecular weight excluding hydrogens is 355 g/mol. The van der Waals surface area contributed by atoms with Crippen LogP contribution in [0.1, 0.15) is 18.9 Å². The highest BCUT2D eigenvalue weighted by molar-refractivity contribution is 6.24. The van der Waals surface area contributed by atoms with Crippen LogP contribution in [0.4, 0.5) is 29.3 Å². The van der Waals surface area contributed by atoms with Crippen LogP contribution in [0, 0.1) is 16.0 Å². The molecule has 2 saturated heterocycles. The molecule has 0 aromatic heterocycles. The van der Waals surface area contributed by atoms with Gasteiger partial charge in [0.15, 0.2) is 0 Å². The van der Waals surface area contributed by atoms with Crippen molar-refractivity contribution in [2.75, 3.05) is 4.90 Å². The van der Waals surface area contributed by atoms with E-state index in [1.807, 2.05) is 6.08 Å². The lowest BCUT2D eigenvalue weighted by molar-refractivity contribution is -0.388. The molecule has 2 fully saturated rings. The van der Waals surface area contributed by atoms with Crippen LogP contribution in [-0.2, 0) is 11.0 Å². The number of benzene rings is 1. The van der Waals surface area contributed by atoms with Crippen LogP contribution in [0.2, 0.25) is 0 Å². The second-order valence-corrected chi connectivity index (χ2v) is 6.69. The monoisotopic (exact) mass is 367 g/mol. The summed E-state index contributed by atoms with van der Waals surface area (Å²) >= 11 is 0. The molecule has 0 spiro atoms. The van der Waals surface area contributed by atoms with E-state index in [1.54, 1.807) is 13.0 Å². The molecule has 1 aliphatic carbocycles. The Bertz CT molecular complexity index is 897. The number of hydrogen-bond donors (Lipinski definition) is 0. The molecule has 4 rings (SSSR count). The van der Waals surface area contributed by atoms with Gasteiger partial charge in [0.2, 0.25) is 0 Å². The molecule has 7 nitrogen and oxygen atoms in total. The summed E-state index contributed by atoms with van der Waals surface area (Å²) in [6.45, 7) is 1.59. The molecule has 1 aromatic carbocycles. The van der Waals surface area contributed by atoms with Crippen LogP contribution < -0.4 is 4.90 Å². The predicted molar refractivity (Wildman–Crippen MR) is 82.3 cm³/mol. The molecule has 3 atom stereocenters. The Labute approximate surface area is 144 Å². The minimum atomic E-state index is -5.00. The fourth-order valence-corrected chi connectivity index (χ4v) is 4.11. The molecular formula is C16H12F3N3O4. The smallest absolute Gasteiger partial charge is 0.302 e. The molecule has 0 unspecified atom stereocenters. The van der Waals surface area contributed by atoms with Gasteiger partial charge < -0.3 is 4.90 Å². The molecule has 136 valence electrons. The van der Waals surface area contributed by atoms with Crippen molar-refractivity contribution in [2.24, 2.45) is 5.92 Å². The summed E-state index contributed by atoms with van der Waals surface area (Å²) in [5.41, 5.74) is -4.10. The molecule has 2 heterocycles. The third-order valence-electron chi connectivity index (χ3n) is 5.39. The van der Waals surface area contributed by atoms with Crippen molar-refractivity contribution < 1.29 is 27.7 Å². The summed E-state index contributed by atoms with van der Waals surface area (Å²) in [5.74, 6) is -0.824. The Morgan fingerprint density at radius 1 is 1.27 bits per heavy atom. The predicted octanol–water partition coefficient (Wildman–Crippen LogP) is 3.10. The van der Waals surface area contributed by atoms with Gasteiger partial charge in [0.05, 0.1) is 16.7 Å². The van der Waals surface area contributed by atoms with Crippen molar-refractivity contribution in [3.8, 4) is 0 Å². The standard InChI is InChI=1S/C16H12F3N3O4/c1-15-8-2-3-10(6-8)21(15)14(24)20(13(15)23)9-4-5-12(22(25)26)11(7-9)16(17,18)19/h2-5,7-8,10H,6H2,1H3/t8-,10+,15+/m1/s1. The number of nitro benzene ring substituents is 1. The number of amides is 3. The SMILES string of the molecule is C[C@]12C(=O)N(c3ccc([N+](=O)[O-])c(C(F)(F)F)c3)C(=O)N1[C@H]1C=C[C@@H]2C1. The summed E-state index contributed by atoms with van der Waals surface area (Å²) in [5, 5.41) is 10.9. The van der Waals surface area contributed by atoms with Gasteiger partial charge in [-0.05, 0) is 25.5 Å². The zero-order valence-corrected chi connectivity index (χ0v) is 13.4. The van der Waals surface area contributed by atoms with Crippen molar-refractivity contribution >= 4 is 23.3 Å². The number of anilines is 1. The molecule has 10 heteroatoms. The number of nitrogens with zero attached hydrogens (tertiary/aromatic N) is 3. The van der Waals surface area contributed by atoms with E-state index < -0.39 is 39.8 Å². The van der Waals surface area contributed by atoms with Gasteiger partial charge in [-0.1, -0.05) is 12.2 Å². The number of fused-ring (bicyclic) bond motifs is 5. The molecule has 0 radical (unpaired) electrons. The lowest BCUT2D eigenvalue weighted by Crippen LogP contribution is -2.49. The van der Waals surface area contributed by atoms with Gasteiger partial charge in [-0.3, -0.25) is 14.9 Å². The Kier molecular flexibility index (Phi) is 3.08. The summed E-state index contributed by atoms with van der Waals surface area (Å²) in [7, 11) is 0. The van der Waals surface area contributed by atoms with E-state index in [2.05, 4.69) is 0 Å². The maximum atomic E-state index is 13.2. The molecule has 2 aliphatic heterocycles. The molecule has 3 aliphatic rings. The van der Waals surface area contributed by atoms with E-state index in [9.17, 15) is 32.9 Å². The Morgan fingerprint density at radius 3 is 2.54 bits per heavy atom. The minimum Gasteiger partial charge on any atom is -0.302 e. The largest absolute Gasteiger partial charge is 0.423 e. The van der Waals surface area contributed by atoms with Crippen LogP contribution >= 0.6 is 0 Å². The van der Waals surface area contributed by atoms with E-state index in [4.69, 9.17) is 0 Å². The molecule has 26 heavy (non-hydrogen) atoms. The zero-order chi connectivity index (χ0) is 19.0. The van der Waals surface area contributed by atoms with Gasteiger partial charge in [-0.2, -0.15) is 13.2 Å².